The molecule has 0 unspecified atom stereocenters. The van der Waals surface area contributed by atoms with Crippen LogP contribution in [0.3, 0.4) is 0 Å². The van der Waals surface area contributed by atoms with Crippen molar-refractivity contribution in [2.45, 2.75) is 33.4 Å². The second kappa shape index (κ2) is 5.76. The number of rotatable bonds is 4. The van der Waals surface area contributed by atoms with Crippen molar-refractivity contribution in [3.8, 4) is 11.5 Å². The Morgan fingerprint density at radius 3 is 2.45 bits per heavy atom. The fourth-order valence-corrected chi connectivity index (χ4v) is 2.83. The summed E-state index contributed by atoms with van der Waals surface area (Å²) in [7, 11) is 0. The molecule has 0 aliphatic heterocycles. The van der Waals surface area contributed by atoms with Gasteiger partial charge < -0.3 is 14.4 Å². The maximum Gasteiger partial charge on any atom is 0.128 e. The van der Waals surface area contributed by atoms with Crippen molar-refractivity contribution in [1.29, 1.82) is 0 Å². The number of aromatic hydroxyl groups is 1. The fourth-order valence-electron chi connectivity index (χ4n) is 2.83. The maximum atomic E-state index is 9.32. The summed E-state index contributed by atoms with van der Waals surface area (Å²) in [6.07, 6.45) is 0. The Balaban J connectivity index is 1.92. The Labute approximate surface area is 130 Å². The standard InChI is InChI=1S/C19H21NO2/c1-13(2)20-16(11-15-10-14(3)4-9-19(15)20)12-22-18-7-5-17(21)6-8-18/h4-11,13,21H,12H2,1-3H3. The number of aromatic nitrogens is 1. The molecule has 0 atom stereocenters. The lowest BCUT2D eigenvalue weighted by Crippen LogP contribution is -2.08. The van der Waals surface area contributed by atoms with Crippen LogP contribution in [0.25, 0.3) is 10.9 Å². The van der Waals surface area contributed by atoms with E-state index in [9.17, 15) is 5.11 Å². The Morgan fingerprint density at radius 1 is 1.05 bits per heavy atom. The largest absolute Gasteiger partial charge is 0.508 e. The molecule has 1 heterocycles. The average Bonchev–Trinajstić information content (AvgIpc) is 2.84. The van der Waals surface area contributed by atoms with Crippen LogP contribution in [0.4, 0.5) is 0 Å². The molecule has 0 radical (unpaired) electrons. The molecule has 0 bridgehead atoms. The zero-order chi connectivity index (χ0) is 15.7. The molecule has 1 aromatic heterocycles. The number of phenolic OH excluding ortho intramolecular Hbond substituents is 1. The molecule has 3 aromatic rings. The van der Waals surface area contributed by atoms with E-state index in [1.807, 2.05) is 0 Å². The summed E-state index contributed by atoms with van der Waals surface area (Å²) in [5.41, 5.74) is 3.66. The van der Waals surface area contributed by atoms with Gasteiger partial charge in [-0.3, -0.25) is 0 Å². The van der Waals surface area contributed by atoms with Gasteiger partial charge in [-0.2, -0.15) is 0 Å². The van der Waals surface area contributed by atoms with E-state index in [4.69, 9.17) is 4.74 Å². The lowest BCUT2D eigenvalue weighted by Gasteiger charge is -2.15. The molecule has 0 aliphatic carbocycles. The molecule has 0 saturated carbocycles. The van der Waals surface area contributed by atoms with Crippen molar-refractivity contribution in [3.05, 3.63) is 59.8 Å². The number of ether oxygens (including phenoxy) is 1. The molecule has 1 N–H and O–H groups in total. The predicted molar refractivity (Wildman–Crippen MR) is 89.5 cm³/mol. The Kier molecular flexibility index (Phi) is 3.80. The van der Waals surface area contributed by atoms with Gasteiger partial charge in [0, 0.05) is 16.9 Å². The van der Waals surface area contributed by atoms with Crippen LogP contribution in [0, 0.1) is 6.92 Å². The minimum atomic E-state index is 0.249. The maximum absolute atomic E-state index is 9.32. The molecular weight excluding hydrogens is 274 g/mol. The molecule has 0 fully saturated rings. The minimum absolute atomic E-state index is 0.249. The number of fused-ring (bicyclic) bond motifs is 1. The Bertz CT molecular complexity index is 785. The van der Waals surface area contributed by atoms with E-state index in [2.05, 4.69) is 49.6 Å². The van der Waals surface area contributed by atoms with Gasteiger partial charge in [0.05, 0.1) is 5.69 Å². The van der Waals surface area contributed by atoms with E-state index in [-0.39, 0.29) is 5.75 Å². The van der Waals surface area contributed by atoms with E-state index in [0.29, 0.717) is 12.6 Å². The first-order valence-electron chi connectivity index (χ1n) is 7.57. The first kappa shape index (κ1) is 14.5. The highest BCUT2D eigenvalue weighted by molar-refractivity contribution is 5.82. The van der Waals surface area contributed by atoms with Crippen molar-refractivity contribution >= 4 is 10.9 Å². The number of aryl methyl sites for hydroxylation is 1. The van der Waals surface area contributed by atoms with Gasteiger partial charge in [-0.1, -0.05) is 11.6 Å². The van der Waals surface area contributed by atoms with Gasteiger partial charge in [0.1, 0.15) is 18.1 Å². The Hall–Kier alpha value is -2.42. The predicted octanol–water partition coefficient (Wildman–Crippen LogP) is 4.82. The van der Waals surface area contributed by atoms with Gasteiger partial charge in [-0.05, 0) is 63.2 Å². The van der Waals surface area contributed by atoms with E-state index in [0.717, 1.165) is 11.4 Å². The average molecular weight is 295 g/mol. The van der Waals surface area contributed by atoms with Gasteiger partial charge in [-0.15, -0.1) is 0 Å². The number of hydrogen-bond acceptors (Lipinski definition) is 2. The first-order chi connectivity index (χ1) is 10.5. The molecule has 22 heavy (non-hydrogen) atoms. The molecule has 0 saturated heterocycles. The lowest BCUT2D eigenvalue weighted by atomic mass is 10.2. The highest BCUT2D eigenvalue weighted by Gasteiger charge is 2.12. The van der Waals surface area contributed by atoms with Gasteiger partial charge in [-0.25, -0.2) is 0 Å². The Morgan fingerprint density at radius 2 is 1.77 bits per heavy atom. The van der Waals surface area contributed by atoms with Crippen LogP contribution in [-0.4, -0.2) is 9.67 Å². The molecular formula is C19H21NO2. The van der Waals surface area contributed by atoms with E-state index < -0.39 is 0 Å². The zero-order valence-corrected chi connectivity index (χ0v) is 13.2. The lowest BCUT2D eigenvalue weighted by molar-refractivity contribution is 0.292. The summed E-state index contributed by atoms with van der Waals surface area (Å²) in [5, 5.41) is 10.6. The molecule has 3 nitrogen and oxygen atoms in total. The number of benzene rings is 2. The van der Waals surface area contributed by atoms with E-state index in [1.54, 1.807) is 24.3 Å². The summed E-state index contributed by atoms with van der Waals surface area (Å²) < 4.78 is 8.18. The van der Waals surface area contributed by atoms with Gasteiger partial charge in [0.25, 0.3) is 0 Å². The van der Waals surface area contributed by atoms with Gasteiger partial charge >= 0.3 is 0 Å². The SMILES string of the molecule is Cc1ccc2c(c1)cc(COc1ccc(O)cc1)n2C(C)C. The highest BCUT2D eigenvalue weighted by Crippen LogP contribution is 2.26. The fraction of sp³-hybridized carbons (Fsp3) is 0.263. The van der Waals surface area contributed by atoms with E-state index in [1.165, 1.54) is 16.5 Å². The second-order valence-corrected chi connectivity index (χ2v) is 5.94. The topological polar surface area (TPSA) is 34.4 Å². The van der Waals surface area contributed by atoms with Crippen LogP contribution in [0.5, 0.6) is 11.5 Å². The van der Waals surface area contributed by atoms with Crippen molar-refractivity contribution in [2.24, 2.45) is 0 Å². The molecule has 114 valence electrons. The molecule has 3 heteroatoms. The van der Waals surface area contributed by atoms with Crippen LogP contribution >= 0.6 is 0 Å². The molecule has 2 aromatic carbocycles. The number of hydrogen-bond donors (Lipinski definition) is 1. The summed E-state index contributed by atoms with van der Waals surface area (Å²) in [5.74, 6) is 1.01. The van der Waals surface area contributed by atoms with Crippen LogP contribution in [0.2, 0.25) is 0 Å². The quantitative estimate of drug-likeness (QED) is 0.749. The van der Waals surface area contributed by atoms with Crippen LogP contribution < -0.4 is 4.74 Å². The number of nitrogens with zero attached hydrogens (tertiary/aromatic N) is 1. The summed E-state index contributed by atoms with van der Waals surface area (Å²) in [6, 6.07) is 15.9. The van der Waals surface area contributed by atoms with E-state index >= 15 is 0 Å². The molecule has 0 spiro atoms. The first-order valence-corrected chi connectivity index (χ1v) is 7.57. The third kappa shape index (κ3) is 2.80. The summed E-state index contributed by atoms with van der Waals surface area (Å²) in [6.45, 7) is 6.99. The van der Waals surface area contributed by atoms with Crippen LogP contribution in [-0.2, 0) is 6.61 Å². The zero-order valence-electron chi connectivity index (χ0n) is 13.2. The van der Waals surface area contributed by atoms with Crippen molar-refractivity contribution in [3.63, 3.8) is 0 Å². The minimum Gasteiger partial charge on any atom is -0.508 e. The summed E-state index contributed by atoms with van der Waals surface area (Å²) in [4.78, 5) is 0. The van der Waals surface area contributed by atoms with Crippen LogP contribution in [0.15, 0.2) is 48.5 Å². The van der Waals surface area contributed by atoms with Gasteiger partial charge in [0.2, 0.25) is 0 Å². The third-order valence-electron chi connectivity index (χ3n) is 3.81. The summed E-state index contributed by atoms with van der Waals surface area (Å²) >= 11 is 0. The molecule has 3 rings (SSSR count). The number of phenols is 1. The smallest absolute Gasteiger partial charge is 0.128 e. The molecule has 0 aliphatic rings. The normalized spacial score (nSPS) is 11.3. The third-order valence-corrected chi connectivity index (χ3v) is 3.81. The second-order valence-electron chi connectivity index (χ2n) is 5.94. The van der Waals surface area contributed by atoms with Crippen LogP contribution in [0.1, 0.15) is 31.1 Å². The van der Waals surface area contributed by atoms with Crippen molar-refractivity contribution in [1.82, 2.24) is 4.57 Å². The highest BCUT2D eigenvalue weighted by atomic mass is 16.5. The monoisotopic (exact) mass is 295 g/mol. The van der Waals surface area contributed by atoms with Crippen molar-refractivity contribution < 1.29 is 9.84 Å². The van der Waals surface area contributed by atoms with Crippen molar-refractivity contribution in [2.75, 3.05) is 0 Å². The van der Waals surface area contributed by atoms with Gasteiger partial charge in [0.15, 0.2) is 0 Å². The molecule has 0 amide bonds.